The van der Waals surface area contributed by atoms with E-state index in [1.54, 1.807) is 35.8 Å². The van der Waals surface area contributed by atoms with Gasteiger partial charge in [-0.2, -0.15) is 0 Å². The number of carbonyl (C=O) groups is 2. The summed E-state index contributed by atoms with van der Waals surface area (Å²) in [6.07, 6.45) is 1.58. The number of thiazole rings is 1. The van der Waals surface area contributed by atoms with Gasteiger partial charge in [-0.1, -0.05) is 58.4 Å². The number of Topliss-reactive ketones (excluding diaryl/α,β-unsaturated/α-hetero) is 1. The minimum absolute atomic E-state index is 0.0590. The molecule has 1 N–H and O–H groups in total. The zero-order valence-corrected chi connectivity index (χ0v) is 16.3. The van der Waals surface area contributed by atoms with Crippen molar-refractivity contribution in [3.8, 4) is 0 Å². The Morgan fingerprint density at radius 2 is 1.78 bits per heavy atom. The van der Waals surface area contributed by atoms with Gasteiger partial charge in [0.2, 0.25) is 0 Å². The molecule has 1 saturated heterocycles. The van der Waals surface area contributed by atoms with Gasteiger partial charge in [-0.15, -0.1) is 11.3 Å². The highest BCUT2D eigenvalue weighted by atomic mass is 79.9. The van der Waals surface area contributed by atoms with Crippen molar-refractivity contribution in [1.82, 2.24) is 4.98 Å². The van der Waals surface area contributed by atoms with Crippen LogP contribution in [-0.2, 0) is 9.59 Å². The van der Waals surface area contributed by atoms with E-state index in [4.69, 9.17) is 0 Å². The third-order valence-corrected chi connectivity index (χ3v) is 5.60. The highest BCUT2D eigenvalue weighted by molar-refractivity contribution is 9.10. The van der Waals surface area contributed by atoms with Crippen LogP contribution in [0.25, 0.3) is 5.76 Å². The molecule has 0 aliphatic carbocycles. The summed E-state index contributed by atoms with van der Waals surface area (Å²) in [6.45, 7) is 0. The summed E-state index contributed by atoms with van der Waals surface area (Å²) in [5.41, 5.74) is 1.26. The molecule has 1 aliphatic heterocycles. The van der Waals surface area contributed by atoms with Crippen molar-refractivity contribution >= 4 is 49.8 Å². The maximum atomic E-state index is 12.8. The van der Waals surface area contributed by atoms with Gasteiger partial charge in [-0.05, 0) is 17.7 Å². The Morgan fingerprint density at radius 3 is 2.41 bits per heavy atom. The number of aromatic nitrogens is 1. The first-order valence-corrected chi connectivity index (χ1v) is 9.76. The van der Waals surface area contributed by atoms with Crippen LogP contribution in [0.4, 0.5) is 5.13 Å². The average molecular weight is 441 g/mol. The van der Waals surface area contributed by atoms with Crippen LogP contribution in [0.15, 0.2) is 76.2 Å². The van der Waals surface area contributed by atoms with E-state index in [0.29, 0.717) is 16.3 Å². The van der Waals surface area contributed by atoms with E-state index >= 15 is 0 Å². The molecule has 1 aromatic heterocycles. The van der Waals surface area contributed by atoms with E-state index < -0.39 is 17.7 Å². The fraction of sp³-hybridized carbons (Fsp3) is 0.0500. The molecule has 0 saturated carbocycles. The third kappa shape index (κ3) is 3.09. The summed E-state index contributed by atoms with van der Waals surface area (Å²) >= 11 is 4.66. The summed E-state index contributed by atoms with van der Waals surface area (Å²) in [5.74, 6) is -1.62. The molecule has 4 rings (SSSR count). The number of anilines is 1. The second-order valence-corrected chi connectivity index (χ2v) is 7.69. The summed E-state index contributed by atoms with van der Waals surface area (Å²) in [6, 6.07) is 15.3. The van der Waals surface area contributed by atoms with Crippen LogP contribution < -0.4 is 4.90 Å². The first-order chi connectivity index (χ1) is 13.1. The van der Waals surface area contributed by atoms with Crippen molar-refractivity contribution in [2.45, 2.75) is 6.04 Å². The summed E-state index contributed by atoms with van der Waals surface area (Å²) in [5, 5.41) is 13.0. The van der Waals surface area contributed by atoms with Gasteiger partial charge in [0.25, 0.3) is 5.78 Å². The standard InChI is InChI=1S/C20H13BrN2O3S/c21-14-8-6-12(7-9-14)16-15(17(24)13-4-2-1-3-5-13)18(25)19(26)23(16)20-22-10-11-27-20/h1-11,16,24H/b17-15+. The van der Waals surface area contributed by atoms with Crippen molar-refractivity contribution in [2.75, 3.05) is 4.90 Å². The van der Waals surface area contributed by atoms with Crippen molar-refractivity contribution in [2.24, 2.45) is 0 Å². The molecular formula is C20H13BrN2O3S. The molecule has 0 bridgehead atoms. The predicted molar refractivity (Wildman–Crippen MR) is 107 cm³/mol. The van der Waals surface area contributed by atoms with Crippen molar-refractivity contribution in [3.63, 3.8) is 0 Å². The Bertz CT molecular complexity index is 1030. The minimum atomic E-state index is -0.746. The number of ketones is 1. The molecule has 2 heterocycles. The number of nitrogens with zero attached hydrogens (tertiary/aromatic N) is 2. The monoisotopic (exact) mass is 440 g/mol. The Kier molecular flexibility index (Phi) is 4.63. The van der Waals surface area contributed by atoms with Crippen LogP contribution in [0.5, 0.6) is 0 Å². The van der Waals surface area contributed by atoms with Crippen molar-refractivity contribution in [3.05, 3.63) is 87.3 Å². The van der Waals surface area contributed by atoms with Gasteiger partial charge in [0.1, 0.15) is 5.76 Å². The Hall–Kier alpha value is -2.77. The number of benzene rings is 2. The Balaban J connectivity index is 1.94. The lowest BCUT2D eigenvalue weighted by Gasteiger charge is -2.23. The minimum Gasteiger partial charge on any atom is -0.507 e. The number of halogens is 1. The summed E-state index contributed by atoms with van der Waals surface area (Å²) in [4.78, 5) is 31.2. The van der Waals surface area contributed by atoms with Gasteiger partial charge in [-0.25, -0.2) is 4.98 Å². The fourth-order valence-electron chi connectivity index (χ4n) is 3.08. The second-order valence-electron chi connectivity index (χ2n) is 5.90. The Morgan fingerprint density at radius 1 is 1.07 bits per heavy atom. The van der Waals surface area contributed by atoms with E-state index in [-0.39, 0.29) is 11.3 Å². The molecule has 134 valence electrons. The van der Waals surface area contributed by atoms with Crippen LogP contribution in [-0.4, -0.2) is 21.8 Å². The molecule has 5 nitrogen and oxygen atoms in total. The molecular weight excluding hydrogens is 428 g/mol. The lowest BCUT2D eigenvalue weighted by molar-refractivity contribution is -0.132. The summed E-state index contributed by atoms with van der Waals surface area (Å²) < 4.78 is 0.875. The number of hydrogen-bond acceptors (Lipinski definition) is 5. The van der Waals surface area contributed by atoms with Gasteiger partial charge in [0.15, 0.2) is 5.13 Å². The largest absolute Gasteiger partial charge is 0.507 e. The smallest absolute Gasteiger partial charge is 0.301 e. The Labute approximate surface area is 167 Å². The molecule has 27 heavy (non-hydrogen) atoms. The average Bonchev–Trinajstić information content (AvgIpc) is 3.30. The SMILES string of the molecule is O=C1C(=O)N(c2nccs2)C(c2ccc(Br)cc2)/C1=C(\O)c1ccccc1. The number of hydrogen-bond donors (Lipinski definition) is 1. The van der Waals surface area contributed by atoms with Crippen LogP contribution >= 0.6 is 27.3 Å². The number of rotatable bonds is 3. The van der Waals surface area contributed by atoms with E-state index in [0.717, 1.165) is 4.47 Å². The zero-order valence-electron chi connectivity index (χ0n) is 13.9. The molecule has 0 radical (unpaired) electrons. The number of aliphatic hydroxyl groups is 1. The van der Waals surface area contributed by atoms with E-state index in [1.807, 2.05) is 30.3 Å². The molecule has 1 atom stereocenters. The lowest BCUT2D eigenvalue weighted by atomic mass is 9.95. The quantitative estimate of drug-likeness (QED) is 0.368. The van der Waals surface area contributed by atoms with Gasteiger partial charge < -0.3 is 5.11 Å². The second kappa shape index (κ2) is 7.09. The fourth-order valence-corrected chi connectivity index (χ4v) is 4.01. The van der Waals surface area contributed by atoms with E-state index in [2.05, 4.69) is 20.9 Å². The zero-order chi connectivity index (χ0) is 19.0. The van der Waals surface area contributed by atoms with E-state index in [1.165, 1.54) is 16.2 Å². The molecule has 1 amide bonds. The molecule has 3 aromatic rings. The maximum Gasteiger partial charge on any atom is 0.301 e. The van der Waals surface area contributed by atoms with E-state index in [9.17, 15) is 14.7 Å². The van der Waals surface area contributed by atoms with Crippen LogP contribution in [0.1, 0.15) is 17.2 Å². The molecule has 1 fully saturated rings. The topological polar surface area (TPSA) is 70.5 Å². The number of aliphatic hydroxyl groups excluding tert-OH is 1. The maximum absolute atomic E-state index is 12.8. The van der Waals surface area contributed by atoms with Crippen molar-refractivity contribution < 1.29 is 14.7 Å². The lowest BCUT2D eigenvalue weighted by Crippen LogP contribution is -2.29. The van der Waals surface area contributed by atoms with Crippen molar-refractivity contribution in [1.29, 1.82) is 0 Å². The van der Waals surface area contributed by atoms with Gasteiger partial charge in [0, 0.05) is 21.6 Å². The molecule has 1 unspecified atom stereocenters. The molecule has 2 aromatic carbocycles. The molecule has 0 spiro atoms. The van der Waals surface area contributed by atoms with Crippen LogP contribution in [0.2, 0.25) is 0 Å². The van der Waals surface area contributed by atoms with Gasteiger partial charge in [0.05, 0.1) is 11.6 Å². The molecule has 1 aliphatic rings. The third-order valence-electron chi connectivity index (χ3n) is 4.30. The summed E-state index contributed by atoms with van der Waals surface area (Å²) in [7, 11) is 0. The first kappa shape index (κ1) is 17.6. The van der Waals surface area contributed by atoms with Gasteiger partial charge in [-0.3, -0.25) is 14.5 Å². The highest BCUT2D eigenvalue weighted by Crippen LogP contribution is 2.42. The highest BCUT2D eigenvalue weighted by Gasteiger charge is 2.47. The first-order valence-electron chi connectivity index (χ1n) is 8.09. The number of amides is 1. The number of carbonyl (C=O) groups excluding carboxylic acids is 2. The normalized spacial score (nSPS) is 18.9. The van der Waals surface area contributed by atoms with Gasteiger partial charge >= 0.3 is 5.91 Å². The van der Waals surface area contributed by atoms with Crippen LogP contribution in [0.3, 0.4) is 0 Å². The van der Waals surface area contributed by atoms with Crippen LogP contribution in [0, 0.1) is 0 Å². The molecule has 7 heteroatoms. The predicted octanol–water partition coefficient (Wildman–Crippen LogP) is 4.53.